The van der Waals surface area contributed by atoms with Crippen molar-refractivity contribution >= 4 is 28.2 Å². The summed E-state index contributed by atoms with van der Waals surface area (Å²) in [5.41, 5.74) is 4.52. The maximum Gasteiger partial charge on any atom is 0.226 e. The van der Waals surface area contributed by atoms with Gasteiger partial charge in [-0.25, -0.2) is 0 Å². The van der Waals surface area contributed by atoms with E-state index in [0.29, 0.717) is 13.0 Å². The number of nitrogens with one attached hydrogen (secondary N) is 1. The first-order valence-corrected chi connectivity index (χ1v) is 9.98. The van der Waals surface area contributed by atoms with E-state index in [4.69, 9.17) is 0 Å². The molecule has 1 fully saturated rings. The summed E-state index contributed by atoms with van der Waals surface area (Å²) >= 11 is 0. The number of hydrogen-bond donors (Lipinski definition) is 1. The minimum atomic E-state index is 0.0459. The predicted molar refractivity (Wildman–Crippen MR) is 116 cm³/mol. The number of carbonyl (C=O) groups excluding carboxylic acids is 1. The van der Waals surface area contributed by atoms with Crippen LogP contribution in [0, 0.1) is 6.92 Å². The first kappa shape index (κ1) is 18.6. The third kappa shape index (κ3) is 4.04. The fourth-order valence-electron chi connectivity index (χ4n) is 3.92. The number of carbonyl (C=O) groups is 1. The van der Waals surface area contributed by atoms with Crippen LogP contribution in [0.2, 0.25) is 0 Å². The van der Waals surface area contributed by atoms with Crippen LogP contribution < -0.4 is 10.2 Å². The summed E-state index contributed by atoms with van der Waals surface area (Å²) in [6, 6.07) is 16.6. The molecule has 0 aliphatic carbocycles. The second kappa shape index (κ2) is 8.07. The Morgan fingerprint density at radius 2 is 1.82 bits per heavy atom. The SMILES string of the molecule is Cc1cc(NC(=O)CCn2ccc3ccccc32)ccc1N1CCN(C)CC1. The van der Waals surface area contributed by atoms with Gasteiger partial charge in [-0.2, -0.15) is 0 Å². The van der Waals surface area contributed by atoms with Crippen molar-refractivity contribution in [2.24, 2.45) is 0 Å². The summed E-state index contributed by atoms with van der Waals surface area (Å²) in [5, 5.41) is 4.26. The summed E-state index contributed by atoms with van der Waals surface area (Å²) in [7, 11) is 2.17. The normalized spacial score (nSPS) is 15.1. The standard InChI is InChI=1S/C23H28N4O/c1-18-17-20(7-8-21(18)27-15-13-25(2)14-16-27)24-23(28)10-12-26-11-9-19-5-3-4-6-22(19)26/h3-9,11,17H,10,12-16H2,1-2H3,(H,24,28). The van der Waals surface area contributed by atoms with Gasteiger partial charge in [0.1, 0.15) is 0 Å². The van der Waals surface area contributed by atoms with Gasteiger partial charge in [-0.15, -0.1) is 0 Å². The minimum Gasteiger partial charge on any atom is -0.369 e. The Balaban J connectivity index is 1.36. The zero-order valence-corrected chi connectivity index (χ0v) is 16.7. The van der Waals surface area contributed by atoms with Gasteiger partial charge >= 0.3 is 0 Å². The molecule has 146 valence electrons. The zero-order valence-electron chi connectivity index (χ0n) is 16.7. The summed E-state index contributed by atoms with van der Waals surface area (Å²) in [6.07, 6.45) is 2.50. The van der Waals surface area contributed by atoms with E-state index < -0.39 is 0 Å². The summed E-state index contributed by atoms with van der Waals surface area (Å²) in [4.78, 5) is 17.2. The molecular formula is C23H28N4O. The lowest BCUT2D eigenvalue weighted by molar-refractivity contribution is -0.116. The van der Waals surface area contributed by atoms with Crippen molar-refractivity contribution in [2.45, 2.75) is 19.9 Å². The number of likely N-dealkylation sites (N-methyl/N-ethyl adjacent to an activating group) is 1. The molecule has 1 amide bonds. The molecule has 0 saturated carbocycles. The predicted octanol–water partition coefficient (Wildman–Crippen LogP) is 3.73. The number of rotatable bonds is 5. The summed E-state index contributed by atoms with van der Waals surface area (Å²) in [6.45, 7) is 7.08. The lowest BCUT2D eigenvalue weighted by atomic mass is 10.1. The second-order valence-corrected chi connectivity index (χ2v) is 7.66. The Bertz CT molecular complexity index is 970. The van der Waals surface area contributed by atoms with Crippen molar-refractivity contribution in [1.29, 1.82) is 0 Å². The number of nitrogens with zero attached hydrogens (tertiary/aromatic N) is 3. The molecule has 2 heterocycles. The second-order valence-electron chi connectivity index (χ2n) is 7.66. The number of aryl methyl sites for hydroxylation is 2. The smallest absolute Gasteiger partial charge is 0.226 e. The molecule has 3 aromatic rings. The molecule has 1 aliphatic rings. The van der Waals surface area contributed by atoms with Crippen LogP contribution in [0.4, 0.5) is 11.4 Å². The molecule has 0 atom stereocenters. The Morgan fingerprint density at radius 1 is 1.04 bits per heavy atom. The van der Waals surface area contributed by atoms with Gasteiger partial charge in [-0.05, 0) is 55.3 Å². The Labute approximate surface area is 166 Å². The summed E-state index contributed by atoms with van der Waals surface area (Å²) < 4.78 is 2.14. The highest BCUT2D eigenvalue weighted by atomic mass is 16.1. The van der Waals surface area contributed by atoms with Crippen LogP contribution in [0.5, 0.6) is 0 Å². The van der Waals surface area contributed by atoms with Crippen LogP contribution in [-0.2, 0) is 11.3 Å². The number of aromatic nitrogens is 1. The van der Waals surface area contributed by atoms with Gasteiger partial charge in [0.25, 0.3) is 0 Å². The zero-order chi connectivity index (χ0) is 19.5. The monoisotopic (exact) mass is 376 g/mol. The number of piperazine rings is 1. The molecule has 1 saturated heterocycles. The van der Waals surface area contributed by atoms with Crippen LogP contribution in [-0.4, -0.2) is 48.6 Å². The van der Waals surface area contributed by atoms with Crippen molar-refractivity contribution < 1.29 is 4.79 Å². The fourth-order valence-corrected chi connectivity index (χ4v) is 3.92. The number of benzene rings is 2. The Kier molecular flexibility index (Phi) is 5.35. The van der Waals surface area contributed by atoms with Crippen molar-refractivity contribution in [1.82, 2.24) is 9.47 Å². The molecule has 0 spiro atoms. The maximum absolute atomic E-state index is 12.4. The molecule has 4 rings (SSSR count). The van der Waals surface area contributed by atoms with E-state index in [2.05, 4.69) is 64.0 Å². The van der Waals surface area contributed by atoms with Gasteiger partial charge in [0.2, 0.25) is 5.91 Å². The molecule has 0 bridgehead atoms. The maximum atomic E-state index is 12.4. The van der Waals surface area contributed by atoms with Crippen molar-refractivity contribution in [3.8, 4) is 0 Å². The van der Waals surface area contributed by atoms with Crippen LogP contribution >= 0.6 is 0 Å². The molecule has 28 heavy (non-hydrogen) atoms. The molecule has 0 radical (unpaired) electrons. The molecule has 5 heteroatoms. The highest BCUT2D eigenvalue weighted by Gasteiger charge is 2.16. The molecule has 0 unspecified atom stereocenters. The average Bonchev–Trinajstić information content (AvgIpc) is 3.11. The highest BCUT2D eigenvalue weighted by molar-refractivity contribution is 5.91. The number of amides is 1. The third-order valence-corrected chi connectivity index (χ3v) is 5.58. The highest BCUT2D eigenvalue weighted by Crippen LogP contribution is 2.25. The third-order valence-electron chi connectivity index (χ3n) is 5.58. The van der Waals surface area contributed by atoms with E-state index in [1.807, 2.05) is 24.4 Å². The van der Waals surface area contributed by atoms with E-state index in [1.54, 1.807) is 0 Å². The lowest BCUT2D eigenvalue weighted by Crippen LogP contribution is -2.44. The van der Waals surface area contributed by atoms with E-state index >= 15 is 0 Å². The number of hydrogen-bond acceptors (Lipinski definition) is 3. The molecule has 5 nitrogen and oxygen atoms in total. The van der Waals surface area contributed by atoms with E-state index in [1.165, 1.54) is 22.2 Å². The molecule has 1 N–H and O–H groups in total. The minimum absolute atomic E-state index is 0.0459. The van der Waals surface area contributed by atoms with Crippen molar-refractivity contribution in [2.75, 3.05) is 43.4 Å². The van der Waals surface area contributed by atoms with Gasteiger partial charge in [0.05, 0.1) is 0 Å². The van der Waals surface area contributed by atoms with Gasteiger partial charge in [0, 0.05) is 62.2 Å². The van der Waals surface area contributed by atoms with Gasteiger partial charge < -0.3 is 19.7 Å². The average molecular weight is 377 g/mol. The number of anilines is 2. The number of fused-ring (bicyclic) bond motifs is 1. The molecule has 2 aromatic carbocycles. The quantitative estimate of drug-likeness (QED) is 0.738. The Hall–Kier alpha value is -2.79. The van der Waals surface area contributed by atoms with E-state index in [-0.39, 0.29) is 5.91 Å². The first-order valence-electron chi connectivity index (χ1n) is 9.98. The van der Waals surface area contributed by atoms with E-state index in [9.17, 15) is 4.79 Å². The van der Waals surface area contributed by atoms with Crippen LogP contribution in [0.3, 0.4) is 0 Å². The molecule has 1 aromatic heterocycles. The molecule has 1 aliphatic heterocycles. The fraction of sp³-hybridized carbons (Fsp3) is 0.348. The number of para-hydroxylation sites is 1. The van der Waals surface area contributed by atoms with Crippen molar-refractivity contribution in [3.63, 3.8) is 0 Å². The van der Waals surface area contributed by atoms with Gasteiger partial charge in [-0.3, -0.25) is 4.79 Å². The van der Waals surface area contributed by atoms with Crippen molar-refractivity contribution in [3.05, 3.63) is 60.3 Å². The largest absolute Gasteiger partial charge is 0.369 e. The van der Waals surface area contributed by atoms with Crippen LogP contribution in [0.15, 0.2) is 54.7 Å². The van der Waals surface area contributed by atoms with Crippen LogP contribution in [0.1, 0.15) is 12.0 Å². The van der Waals surface area contributed by atoms with E-state index in [0.717, 1.165) is 31.9 Å². The van der Waals surface area contributed by atoms with Gasteiger partial charge in [-0.1, -0.05) is 18.2 Å². The topological polar surface area (TPSA) is 40.5 Å². The Morgan fingerprint density at radius 3 is 2.61 bits per heavy atom. The van der Waals surface area contributed by atoms with Gasteiger partial charge in [0.15, 0.2) is 0 Å². The van der Waals surface area contributed by atoms with Crippen LogP contribution in [0.25, 0.3) is 10.9 Å². The summed E-state index contributed by atoms with van der Waals surface area (Å²) in [5.74, 6) is 0.0459. The lowest BCUT2D eigenvalue weighted by Gasteiger charge is -2.35. The molecular weight excluding hydrogens is 348 g/mol. The first-order chi connectivity index (χ1) is 13.6.